The Morgan fingerprint density at radius 1 is 0.971 bits per heavy atom. The molecular formula is C28H24N2O3S. The number of aldehydes is 1. The first kappa shape index (κ1) is 22.0. The van der Waals surface area contributed by atoms with E-state index in [2.05, 4.69) is 46.1 Å². The highest BCUT2D eigenvalue weighted by atomic mass is 32.1. The minimum Gasteiger partial charge on any atom is -0.441 e. The van der Waals surface area contributed by atoms with Gasteiger partial charge in [-0.05, 0) is 59.1 Å². The molecule has 0 spiro atoms. The zero-order valence-electron chi connectivity index (χ0n) is 18.7. The van der Waals surface area contributed by atoms with Crippen LogP contribution in [0, 0.1) is 0 Å². The Labute approximate surface area is 202 Å². The molecule has 0 bridgehead atoms. The van der Waals surface area contributed by atoms with Crippen molar-refractivity contribution in [2.45, 2.75) is 31.3 Å². The van der Waals surface area contributed by atoms with Crippen molar-refractivity contribution in [1.82, 2.24) is 4.37 Å². The lowest BCUT2D eigenvalue weighted by atomic mass is 9.95. The molecule has 0 radical (unpaired) electrons. The van der Waals surface area contributed by atoms with Gasteiger partial charge in [0, 0.05) is 0 Å². The number of aromatic nitrogens is 1. The molecule has 5 nitrogen and oxygen atoms in total. The van der Waals surface area contributed by atoms with Crippen LogP contribution < -0.4 is 5.32 Å². The Hall–Kier alpha value is -3.77. The molecule has 1 heterocycles. The topological polar surface area (TPSA) is 68.3 Å². The van der Waals surface area contributed by atoms with Gasteiger partial charge in [-0.25, -0.2) is 4.79 Å². The summed E-state index contributed by atoms with van der Waals surface area (Å²) < 4.78 is 9.79. The van der Waals surface area contributed by atoms with Gasteiger partial charge in [-0.3, -0.25) is 5.32 Å². The summed E-state index contributed by atoms with van der Waals surface area (Å²) in [6, 6.07) is 26.0. The summed E-state index contributed by atoms with van der Waals surface area (Å²) >= 11 is 1.32. The second kappa shape index (κ2) is 9.23. The fourth-order valence-corrected chi connectivity index (χ4v) is 4.75. The molecule has 1 fully saturated rings. The fourth-order valence-electron chi connectivity index (χ4n) is 4.05. The summed E-state index contributed by atoms with van der Waals surface area (Å²) in [5.41, 5.74) is 5.54. The summed E-state index contributed by atoms with van der Waals surface area (Å²) in [6.07, 6.45) is 3.72. The molecule has 0 aliphatic heterocycles. The van der Waals surface area contributed by atoms with Gasteiger partial charge in [0.2, 0.25) is 0 Å². The average molecular weight is 469 g/mol. The van der Waals surface area contributed by atoms with Crippen molar-refractivity contribution in [3.05, 3.63) is 96.2 Å². The van der Waals surface area contributed by atoms with Crippen LogP contribution in [0.1, 0.15) is 37.0 Å². The molecule has 5 rings (SSSR count). The lowest BCUT2D eigenvalue weighted by Gasteiger charge is -2.14. The van der Waals surface area contributed by atoms with Gasteiger partial charge in [0.1, 0.15) is 12.4 Å². The maximum atomic E-state index is 12.5. The normalized spacial score (nSPS) is 14.7. The Balaban J connectivity index is 1.27. The van der Waals surface area contributed by atoms with E-state index in [4.69, 9.17) is 4.74 Å². The highest BCUT2D eigenvalue weighted by Gasteiger charge is 2.44. The molecule has 1 aromatic heterocycles. The molecule has 0 saturated heterocycles. The minimum absolute atomic E-state index is 0.252. The predicted molar refractivity (Wildman–Crippen MR) is 135 cm³/mol. The number of benzene rings is 3. The molecule has 1 N–H and O–H groups in total. The van der Waals surface area contributed by atoms with Crippen LogP contribution >= 0.6 is 11.5 Å². The quantitative estimate of drug-likeness (QED) is 0.296. The van der Waals surface area contributed by atoms with Gasteiger partial charge >= 0.3 is 6.09 Å². The van der Waals surface area contributed by atoms with Crippen molar-refractivity contribution < 1.29 is 14.3 Å². The van der Waals surface area contributed by atoms with Crippen LogP contribution in [0.3, 0.4) is 0 Å². The number of carbonyl (C=O) groups excluding carboxylic acids is 2. The second-order valence-electron chi connectivity index (χ2n) is 8.58. The number of anilines is 1. The molecule has 1 aliphatic carbocycles. The fraction of sp³-hybridized carbons (Fsp3) is 0.179. The van der Waals surface area contributed by atoms with Gasteiger partial charge in [0.25, 0.3) is 0 Å². The number of carbonyl (C=O) groups is 2. The molecule has 1 saturated carbocycles. The van der Waals surface area contributed by atoms with Gasteiger partial charge in [0.15, 0.2) is 0 Å². The first-order valence-electron chi connectivity index (χ1n) is 11.2. The van der Waals surface area contributed by atoms with Crippen molar-refractivity contribution in [3.63, 3.8) is 0 Å². The number of nitrogens with zero attached hydrogens (tertiary/aromatic N) is 1. The van der Waals surface area contributed by atoms with E-state index in [9.17, 15) is 9.59 Å². The molecule has 0 unspecified atom stereocenters. The van der Waals surface area contributed by atoms with Crippen LogP contribution in [0.4, 0.5) is 10.5 Å². The standard InChI is InChI=1S/C28H24N2O3S/c1-19(20-5-3-2-4-6-20)33-27(32)30-25-17-29-34-26(25)23-9-7-21(8-10-23)22-11-13-24(14-12-22)28(18-31)15-16-28/h2-14,17-19H,15-16H2,1H3,(H,30,32)/t19-/m1/s1. The molecule has 4 aromatic rings. The highest BCUT2D eigenvalue weighted by Crippen LogP contribution is 2.46. The number of amides is 1. The monoisotopic (exact) mass is 468 g/mol. The Bertz CT molecular complexity index is 1290. The van der Waals surface area contributed by atoms with Gasteiger partial charge < -0.3 is 9.53 Å². The zero-order chi connectivity index (χ0) is 23.5. The highest BCUT2D eigenvalue weighted by molar-refractivity contribution is 7.10. The SMILES string of the molecule is C[C@@H](OC(=O)Nc1cnsc1-c1ccc(-c2ccc(C3(C=O)CC3)cc2)cc1)c1ccccc1. The van der Waals surface area contributed by atoms with Gasteiger partial charge in [-0.1, -0.05) is 78.9 Å². The summed E-state index contributed by atoms with van der Waals surface area (Å²) in [4.78, 5) is 24.7. The Morgan fingerprint density at radius 2 is 1.59 bits per heavy atom. The lowest BCUT2D eigenvalue weighted by Crippen LogP contribution is -2.16. The maximum Gasteiger partial charge on any atom is 0.412 e. The molecule has 6 heteroatoms. The third-order valence-electron chi connectivity index (χ3n) is 6.31. The summed E-state index contributed by atoms with van der Waals surface area (Å²) in [5.74, 6) is 0. The Kier molecular flexibility index (Phi) is 5.99. The van der Waals surface area contributed by atoms with Crippen LogP contribution in [0.15, 0.2) is 85.1 Å². The van der Waals surface area contributed by atoms with Crippen LogP contribution in [-0.4, -0.2) is 16.8 Å². The molecule has 3 aromatic carbocycles. The number of ether oxygens (including phenoxy) is 1. The number of hydrogen-bond donors (Lipinski definition) is 1. The van der Waals surface area contributed by atoms with E-state index in [1.165, 1.54) is 11.5 Å². The third-order valence-corrected chi connectivity index (χ3v) is 7.16. The van der Waals surface area contributed by atoms with Crippen LogP contribution in [0.5, 0.6) is 0 Å². The van der Waals surface area contributed by atoms with Crippen LogP contribution in [0.25, 0.3) is 21.6 Å². The van der Waals surface area contributed by atoms with Crippen molar-refractivity contribution in [3.8, 4) is 21.6 Å². The maximum absolute atomic E-state index is 12.5. The molecule has 1 atom stereocenters. The van der Waals surface area contributed by atoms with E-state index < -0.39 is 6.09 Å². The molecule has 1 amide bonds. The summed E-state index contributed by atoms with van der Waals surface area (Å²) in [6.45, 7) is 1.84. The van der Waals surface area contributed by atoms with Crippen LogP contribution in [-0.2, 0) is 14.9 Å². The summed E-state index contributed by atoms with van der Waals surface area (Å²) in [5, 5.41) is 2.83. The zero-order valence-corrected chi connectivity index (χ0v) is 19.5. The minimum atomic E-state index is -0.515. The second-order valence-corrected chi connectivity index (χ2v) is 9.38. The predicted octanol–water partition coefficient (Wildman–Crippen LogP) is 7.02. The first-order chi connectivity index (χ1) is 16.6. The third kappa shape index (κ3) is 4.50. The van der Waals surface area contributed by atoms with E-state index in [0.29, 0.717) is 5.69 Å². The molecular weight excluding hydrogens is 444 g/mol. The molecule has 170 valence electrons. The van der Waals surface area contributed by atoms with Crippen molar-refractivity contribution >= 4 is 29.6 Å². The van der Waals surface area contributed by atoms with Gasteiger partial charge in [0.05, 0.1) is 22.2 Å². The van der Waals surface area contributed by atoms with E-state index in [1.54, 1.807) is 6.20 Å². The van der Waals surface area contributed by atoms with Crippen LogP contribution in [0.2, 0.25) is 0 Å². The number of hydrogen-bond acceptors (Lipinski definition) is 5. The number of rotatable bonds is 7. The summed E-state index contributed by atoms with van der Waals surface area (Å²) in [7, 11) is 0. The van der Waals surface area contributed by atoms with Crippen molar-refractivity contribution in [2.24, 2.45) is 0 Å². The lowest BCUT2D eigenvalue weighted by molar-refractivity contribution is -0.109. The Morgan fingerprint density at radius 3 is 2.21 bits per heavy atom. The van der Waals surface area contributed by atoms with Gasteiger partial charge in [-0.2, -0.15) is 4.37 Å². The van der Waals surface area contributed by atoms with Gasteiger partial charge in [-0.15, -0.1) is 0 Å². The van der Waals surface area contributed by atoms with E-state index in [1.807, 2.05) is 49.4 Å². The average Bonchev–Trinajstić information content (AvgIpc) is 3.56. The van der Waals surface area contributed by atoms with E-state index >= 15 is 0 Å². The van der Waals surface area contributed by atoms with Crippen molar-refractivity contribution in [2.75, 3.05) is 5.32 Å². The van der Waals surface area contributed by atoms with Crippen molar-refractivity contribution in [1.29, 1.82) is 0 Å². The molecule has 1 aliphatic rings. The smallest absolute Gasteiger partial charge is 0.412 e. The molecule has 34 heavy (non-hydrogen) atoms. The largest absolute Gasteiger partial charge is 0.441 e. The van der Waals surface area contributed by atoms with E-state index in [-0.39, 0.29) is 11.5 Å². The van der Waals surface area contributed by atoms with E-state index in [0.717, 1.165) is 51.8 Å². The number of nitrogens with one attached hydrogen (secondary N) is 1. The first-order valence-corrected chi connectivity index (χ1v) is 12.0.